The summed E-state index contributed by atoms with van der Waals surface area (Å²) in [6.45, 7) is 1.44. The van der Waals surface area contributed by atoms with Gasteiger partial charge in [0.1, 0.15) is 10.6 Å². The number of ether oxygens (including phenoxy) is 1. The molecule has 0 fully saturated rings. The molecule has 110 valence electrons. The number of nitrogens with zero attached hydrogens (tertiary/aromatic N) is 1. The van der Waals surface area contributed by atoms with Crippen molar-refractivity contribution in [2.24, 2.45) is 7.05 Å². The van der Waals surface area contributed by atoms with E-state index in [1.54, 1.807) is 29.3 Å². The van der Waals surface area contributed by atoms with Crippen LogP contribution >= 0.6 is 11.3 Å². The maximum Gasteiger partial charge on any atom is 0.350 e. The first kappa shape index (κ1) is 15.0. The van der Waals surface area contributed by atoms with E-state index >= 15 is 0 Å². The molecule has 2 aromatic heterocycles. The maximum atomic E-state index is 12.2. The van der Waals surface area contributed by atoms with E-state index in [1.807, 2.05) is 0 Å². The van der Waals surface area contributed by atoms with Gasteiger partial charge in [0.25, 0.3) is 5.91 Å². The van der Waals surface area contributed by atoms with Gasteiger partial charge in [-0.25, -0.2) is 4.79 Å². The van der Waals surface area contributed by atoms with Gasteiger partial charge in [-0.15, -0.1) is 11.3 Å². The number of nitrogens with one attached hydrogen (secondary N) is 1. The van der Waals surface area contributed by atoms with E-state index in [2.05, 4.69) is 10.1 Å². The Morgan fingerprint density at radius 3 is 2.62 bits per heavy atom. The highest BCUT2D eigenvalue weighted by atomic mass is 32.1. The molecule has 0 unspecified atom stereocenters. The number of aromatic nitrogens is 1. The number of aryl methyl sites for hydroxylation is 1. The lowest BCUT2D eigenvalue weighted by Crippen LogP contribution is -2.16. The smallest absolute Gasteiger partial charge is 0.350 e. The van der Waals surface area contributed by atoms with Crippen LogP contribution in [0.1, 0.15) is 37.4 Å². The average molecular weight is 306 g/mol. The molecule has 2 rings (SSSR count). The highest BCUT2D eigenvalue weighted by molar-refractivity contribution is 7.12. The second-order valence-electron chi connectivity index (χ2n) is 4.39. The molecular weight excluding hydrogens is 292 g/mol. The van der Waals surface area contributed by atoms with Gasteiger partial charge in [-0.05, 0) is 24.4 Å². The van der Waals surface area contributed by atoms with E-state index < -0.39 is 11.9 Å². The van der Waals surface area contributed by atoms with Crippen molar-refractivity contribution in [1.29, 1.82) is 0 Å². The predicted molar refractivity (Wildman–Crippen MR) is 79.0 cm³/mol. The number of hydrogen-bond donors (Lipinski definition) is 1. The quantitative estimate of drug-likeness (QED) is 0.694. The summed E-state index contributed by atoms with van der Waals surface area (Å²) in [7, 11) is 2.96. The molecule has 2 aromatic rings. The zero-order valence-electron chi connectivity index (χ0n) is 11.8. The number of ketones is 1. The van der Waals surface area contributed by atoms with Gasteiger partial charge in [0.15, 0.2) is 5.78 Å². The molecule has 0 aliphatic carbocycles. The summed E-state index contributed by atoms with van der Waals surface area (Å²) in [5.74, 6) is -1.01. The minimum Gasteiger partial charge on any atom is -0.465 e. The standard InChI is InChI=1S/C14H14N2O4S/c1-8(17)9-6-11(16(2)7-9)13(18)15-10-4-5-21-12(10)14(19)20-3/h4-7H,1-3H3,(H,15,18). The van der Waals surface area contributed by atoms with Crippen molar-refractivity contribution in [3.63, 3.8) is 0 Å². The molecule has 0 saturated carbocycles. The summed E-state index contributed by atoms with van der Waals surface area (Å²) in [5.41, 5.74) is 1.19. The number of rotatable bonds is 4. The van der Waals surface area contributed by atoms with Crippen LogP contribution < -0.4 is 5.32 Å². The van der Waals surface area contributed by atoms with Gasteiger partial charge < -0.3 is 14.6 Å². The van der Waals surface area contributed by atoms with E-state index in [4.69, 9.17) is 0 Å². The largest absolute Gasteiger partial charge is 0.465 e. The Labute approximate surface area is 125 Å². The van der Waals surface area contributed by atoms with Crippen molar-refractivity contribution in [3.8, 4) is 0 Å². The van der Waals surface area contributed by atoms with Gasteiger partial charge in [-0.1, -0.05) is 0 Å². The molecular formula is C14H14N2O4S. The van der Waals surface area contributed by atoms with Crippen LogP contribution in [0.4, 0.5) is 5.69 Å². The third-order valence-electron chi connectivity index (χ3n) is 2.93. The average Bonchev–Trinajstić information content (AvgIpc) is 3.04. The minimum atomic E-state index is -0.503. The van der Waals surface area contributed by atoms with Crippen LogP contribution in [0.2, 0.25) is 0 Å². The molecule has 0 aliphatic heterocycles. The Hall–Kier alpha value is -2.41. The van der Waals surface area contributed by atoms with E-state index in [0.717, 1.165) is 0 Å². The van der Waals surface area contributed by atoms with E-state index in [9.17, 15) is 14.4 Å². The van der Waals surface area contributed by atoms with Gasteiger partial charge in [-0.2, -0.15) is 0 Å². The third kappa shape index (κ3) is 3.03. The number of carbonyl (C=O) groups excluding carboxylic acids is 3. The fourth-order valence-electron chi connectivity index (χ4n) is 1.83. The highest BCUT2D eigenvalue weighted by Gasteiger charge is 2.18. The molecule has 0 aromatic carbocycles. The first-order valence-corrected chi connectivity index (χ1v) is 6.96. The third-order valence-corrected chi connectivity index (χ3v) is 3.82. The fourth-order valence-corrected chi connectivity index (χ4v) is 2.59. The Balaban J connectivity index is 2.25. The van der Waals surface area contributed by atoms with Crippen LogP contribution in [0.5, 0.6) is 0 Å². The van der Waals surface area contributed by atoms with Crippen molar-refractivity contribution < 1.29 is 19.1 Å². The molecule has 1 amide bonds. The summed E-state index contributed by atoms with van der Waals surface area (Å²) in [6.07, 6.45) is 1.59. The first-order valence-electron chi connectivity index (χ1n) is 6.08. The van der Waals surface area contributed by atoms with Gasteiger partial charge in [0.05, 0.1) is 12.8 Å². The van der Waals surface area contributed by atoms with Crippen molar-refractivity contribution >= 4 is 34.7 Å². The summed E-state index contributed by atoms with van der Waals surface area (Å²) < 4.78 is 6.22. The number of Topliss-reactive ketones (excluding diaryl/α,β-unsaturated/α-hetero) is 1. The van der Waals surface area contributed by atoms with Crippen LogP contribution in [-0.2, 0) is 11.8 Å². The zero-order chi connectivity index (χ0) is 15.6. The fraction of sp³-hybridized carbons (Fsp3) is 0.214. The molecule has 0 atom stereocenters. The Bertz CT molecular complexity index is 714. The molecule has 1 N–H and O–H groups in total. The zero-order valence-corrected chi connectivity index (χ0v) is 12.6. The normalized spacial score (nSPS) is 10.2. The van der Waals surface area contributed by atoms with Crippen LogP contribution in [0.15, 0.2) is 23.7 Å². The number of thiophene rings is 1. The molecule has 0 bridgehead atoms. The minimum absolute atomic E-state index is 0.115. The van der Waals surface area contributed by atoms with Crippen LogP contribution in [-0.4, -0.2) is 29.3 Å². The summed E-state index contributed by atoms with van der Waals surface area (Å²) in [4.78, 5) is 35.5. The number of anilines is 1. The Morgan fingerprint density at radius 1 is 1.33 bits per heavy atom. The van der Waals surface area contributed by atoms with Crippen molar-refractivity contribution in [1.82, 2.24) is 4.57 Å². The number of hydrogen-bond acceptors (Lipinski definition) is 5. The topological polar surface area (TPSA) is 77.4 Å². The van der Waals surface area contributed by atoms with E-state index in [-0.39, 0.29) is 5.78 Å². The van der Waals surface area contributed by atoms with Gasteiger partial charge in [0, 0.05) is 18.8 Å². The van der Waals surface area contributed by atoms with Crippen molar-refractivity contribution in [2.75, 3.05) is 12.4 Å². The molecule has 0 spiro atoms. The predicted octanol–water partition coefficient (Wildman–Crippen LogP) is 2.33. The number of methoxy groups -OCH3 is 1. The Kier molecular flexibility index (Phi) is 4.23. The first-order chi connectivity index (χ1) is 9.93. The molecule has 6 nitrogen and oxygen atoms in total. The lowest BCUT2D eigenvalue weighted by Gasteiger charge is -2.06. The maximum absolute atomic E-state index is 12.2. The SMILES string of the molecule is COC(=O)c1sccc1NC(=O)c1cc(C(C)=O)cn1C. The van der Waals surface area contributed by atoms with Crippen molar-refractivity contribution in [3.05, 3.63) is 39.8 Å². The molecule has 0 radical (unpaired) electrons. The monoisotopic (exact) mass is 306 g/mol. The van der Waals surface area contributed by atoms with Crippen LogP contribution in [0.3, 0.4) is 0 Å². The molecule has 0 saturated heterocycles. The lowest BCUT2D eigenvalue weighted by atomic mass is 10.2. The van der Waals surface area contributed by atoms with E-state index in [1.165, 1.54) is 31.4 Å². The number of amides is 1. The molecule has 2 heterocycles. The Morgan fingerprint density at radius 2 is 2.05 bits per heavy atom. The van der Waals surface area contributed by atoms with Gasteiger partial charge in [-0.3, -0.25) is 9.59 Å². The number of esters is 1. The molecule has 7 heteroatoms. The van der Waals surface area contributed by atoms with Crippen molar-refractivity contribution in [2.45, 2.75) is 6.92 Å². The van der Waals surface area contributed by atoms with E-state index in [0.29, 0.717) is 21.8 Å². The van der Waals surface area contributed by atoms with Crippen LogP contribution in [0, 0.1) is 0 Å². The molecule has 21 heavy (non-hydrogen) atoms. The summed E-state index contributed by atoms with van der Waals surface area (Å²) in [5, 5.41) is 4.34. The van der Waals surface area contributed by atoms with Crippen LogP contribution in [0.25, 0.3) is 0 Å². The second-order valence-corrected chi connectivity index (χ2v) is 5.31. The molecule has 0 aliphatic rings. The number of carbonyl (C=O) groups is 3. The lowest BCUT2D eigenvalue weighted by molar-refractivity contribution is 0.0607. The van der Waals surface area contributed by atoms with Gasteiger partial charge in [0.2, 0.25) is 0 Å². The van der Waals surface area contributed by atoms with Gasteiger partial charge >= 0.3 is 5.97 Å². The summed E-state index contributed by atoms with van der Waals surface area (Å²) >= 11 is 1.18. The highest BCUT2D eigenvalue weighted by Crippen LogP contribution is 2.24. The summed E-state index contributed by atoms with van der Waals surface area (Å²) in [6, 6.07) is 3.14. The second kappa shape index (κ2) is 5.92.